The Labute approximate surface area is 206 Å². The van der Waals surface area contributed by atoms with Gasteiger partial charge in [-0.25, -0.2) is 4.98 Å². The Kier molecular flexibility index (Phi) is 5.91. The third-order valence-corrected chi connectivity index (χ3v) is 6.84. The Morgan fingerprint density at radius 2 is 1.74 bits per heavy atom. The van der Waals surface area contributed by atoms with Crippen LogP contribution < -0.4 is 4.74 Å². The molecule has 180 valence electrons. The Hall–Kier alpha value is -3.01. The van der Waals surface area contributed by atoms with Crippen LogP contribution in [0.4, 0.5) is 0 Å². The highest BCUT2D eigenvalue weighted by atomic mass is 35.5. The quantitative estimate of drug-likeness (QED) is 0.373. The van der Waals surface area contributed by atoms with Crippen LogP contribution in [0.2, 0.25) is 5.02 Å². The molecule has 2 saturated heterocycles. The largest absolute Gasteiger partial charge is 0.456 e. The van der Waals surface area contributed by atoms with Crippen molar-refractivity contribution in [1.82, 2.24) is 15.0 Å². The van der Waals surface area contributed by atoms with Gasteiger partial charge in [0.05, 0.1) is 35.6 Å². The van der Waals surface area contributed by atoms with Crippen LogP contribution in [0.5, 0.6) is 6.01 Å². The van der Waals surface area contributed by atoms with Gasteiger partial charge in [-0.05, 0) is 29.2 Å². The first-order valence-corrected chi connectivity index (χ1v) is 11.9. The van der Waals surface area contributed by atoms with Crippen LogP contribution >= 0.6 is 11.6 Å². The van der Waals surface area contributed by atoms with E-state index in [1.807, 2.05) is 48.5 Å². The summed E-state index contributed by atoms with van der Waals surface area (Å²) >= 11 is 6.57. The zero-order valence-corrected chi connectivity index (χ0v) is 19.5. The zero-order valence-electron chi connectivity index (χ0n) is 18.7. The first kappa shape index (κ1) is 22.5. The van der Waals surface area contributed by atoms with Gasteiger partial charge in [-0.15, -0.1) is 0 Å². The first-order chi connectivity index (χ1) is 17.1. The summed E-state index contributed by atoms with van der Waals surface area (Å²) in [5, 5.41) is 19.4. The number of aromatic nitrogens is 3. The topological polar surface area (TPSA) is 110 Å². The van der Waals surface area contributed by atoms with Crippen LogP contribution in [-0.2, 0) is 9.47 Å². The lowest BCUT2D eigenvalue weighted by Crippen LogP contribution is -2.32. The fourth-order valence-corrected chi connectivity index (χ4v) is 4.91. The van der Waals surface area contributed by atoms with E-state index >= 15 is 0 Å². The molecular weight excluding hydrogens is 470 g/mol. The summed E-state index contributed by atoms with van der Waals surface area (Å²) in [4.78, 5) is 12.3. The third kappa shape index (κ3) is 4.28. The first-order valence-electron chi connectivity index (χ1n) is 11.5. The number of aliphatic hydroxyl groups excluding tert-OH is 2. The number of fused-ring (bicyclic) bond motifs is 2. The monoisotopic (exact) mass is 493 g/mol. The maximum Gasteiger partial charge on any atom is 0.296 e. The number of aliphatic hydroxyl groups is 2. The number of benzene rings is 2. The Bertz CT molecular complexity index is 1340. The molecule has 2 unspecified atom stereocenters. The van der Waals surface area contributed by atoms with Crippen LogP contribution in [-0.4, -0.2) is 63.3 Å². The van der Waals surface area contributed by atoms with E-state index in [0.29, 0.717) is 46.7 Å². The van der Waals surface area contributed by atoms with Crippen molar-refractivity contribution < 1.29 is 24.4 Å². The molecule has 4 atom stereocenters. The maximum atomic E-state index is 9.77. The summed E-state index contributed by atoms with van der Waals surface area (Å²) < 4.78 is 17.5. The number of aromatic amines is 1. The number of hydrogen-bond donors (Lipinski definition) is 3. The molecule has 0 aliphatic carbocycles. The Morgan fingerprint density at radius 3 is 2.49 bits per heavy atom. The fourth-order valence-electron chi connectivity index (χ4n) is 4.65. The van der Waals surface area contributed by atoms with E-state index in [9.17, 15) is 5.11 Å². The third-order valence-electron chi connectivity index (χ3n) is 6.55. The normalized spacial score (nSPS) is 22.4. The molecule has 8 nitrogen and oxygen atoms in total. The molecule has 0 spiro atoms. The summed E-state index contributed by atoms with van der Waals surface area (Å²) in [6, 6.07) is 17.5. The van der Waals surface area contributed by atoms with Crippen molar-refractivity contribution >= 4 is 22.8 Å². The fraction of sp³-hybridized carbons (Fsp3) is 0.308. The predicted molar refractivity (Wildman–Crippen MR) is 130 cm³/mol. The van der Waals surface area contributed by atoms with Gasteiger partial charge in [-0.3, -0.25) is 0 Å². The van der Waals surface area contributed by atoms with E-state index in [-0.39, 0.29) is 24.9 Å². The zero-order chi connectivity index (χ0) is 23.9. The average Bonchev–Trinajstić information content (AvgIpc) is 3.60. The molecule has 35 heavy (non-hydrogen) atoms. The average molecular weight is 494 g/mol. The van der Waals surface area contributed by atoms with E-state index in [1.165, 1.54) is 0 Å². The molecule has 0 saturated carbocycles. The van der Waals surface area contributed by atoms with Crippen molar-refractivity contribution in [3.05, 3.63) is 65.2 Å². The van der Waals surface area contributed by atoms with Gasteiger partial charge in [-0.2, -0.15) is 4.98 Å². The number of rotatable bonds is 6. The summed E-state index contributed by atoms with van der Waals surface area (Å²) in [5.74, 6) is 0. The van der Waals surface area contributed by atoms with Gasteiger partial charge in [0.25, 0.3) is 6.01 Å². The van der Waals surface area contributed by atoms with Crippen molar-refractivity contribution in [3.63, 3.8) is 0 Å². The number of ether oxygens (including phenoxy) is 3. The summed E-state index contributed by atoms with van der Waals surface area (Å²) in [5.41, 5.74) is 5.40. The van der Waals surface area contributed by atoms with Gasteiger partial charge in [0.1, 0.15) is 12.2 Å². The number of H-pyrrole nitrogens is 1. The van der Waals surface area contributed by atoms with Crippen molar-refractivity contribution in [3.8, 4) is 28.4 Å². The number of pyridine rings is 1. The molecule has 9 heteroatoms. The van der Waals surface area contributed by atoms with Crippen LogP contribution in [0.1, 0.15) is 18.1 Å². The second-order valence-corrected chi connectivity index (χ2v) is 9.19. The molecule has 0 amide bonds. The minimum absolute atomic E-state index is 0.0650. The van der Waals surface area contributed by atoms with Gasteiger partial charge in [-0.1, -0.05) is 60.1 Å². The standard InChI is InChI=1S/C26H24ClN3O5/c27-18-11-19-25(30-26(28-19)35-22-13-34-21-9-10-33-24(21)22)29-23(18)17-7-3-15(4-8-17)14-1-5-16(6-2-14)20(32)12-31/h1-8,11,20-22,24,31-32H,9-10,12-13H2,(H,28,29,30)/t20?,21-,22?,24+/m1/s1. The molecule has 4 heterocycles. The van der Waals surface area contributed by atoms with E-state index in [2.05, 4.69) is 15.0 Å². The Balaban J connectivity index is 1.22. The molecule has 2 aliphatic rings. The lowest BCUT2D eigenvalue weighted by molar-refractivity contribution is 0.0273. The van der Waals surface area contributed by atoms with Crippen molar-refractivity contribution in [1.29, 1.82) is 0 Å². The molecule has 6 rings (SSSR count). The summed E-state index contributed by atoms with van der Waals surface area (Å²) in [6.45, 7) is 0.857. The van der Waals surface area contributed by atoms with Crippen molar-refractivity contribution in [2.24, 2.45) is 0 Å². The molecule has 4 aromatic rings. The second kappa shape index (κ2) is 9.22. The summed E-state index contributed by atoms with van der Waals surface area (Å²) in [6.07, 6.45) is -0.155. The predicted octanol–water partition coefficient (Wildman–Crippen LogP) is 3.91. The molecule has 2 aromatic carbocycles. The minimum Gasteiger partial charge on any atom is -0.456 e. The van der Waals surface area contributed by atoms with E-state index < -0.39 is 6.10 Å². The van der Waals surface area contributed by atoms with Gasteiger partial charge in [0.15, 0.2) is 11.8 Å². The van der Waals surface area contributed by atoms with Gasteiger partial charge in [0.2, 0.25) is 0 Å². The molecule has 2 aliphatic heterocycles. The van der Waals surface area contributed by atoms with E-state index in [0.717, 1.165) is 23.1 Å². The highest BCUT2D eigenvalue weighted by molar-refractivity contribution is 6.33. The van der Waals surface area contributed by atoms with Crippen LogP contribution in [0.15, 0.2) is 54.6 Å². The lowest BCUT2D eigenvalue weighted by atomic mass is 10.00. The highest BCUT2D eigenvalue weighted by Gasteiger charge is 2.43. The smallest absolute Gasteiger partial charge is 0.296 e. The number of hydrogen-bond acceptors (Lipinski definition) is 7. The van der Waals surface area contributed by atoms with Gasteiger partial charge < -0.3 is 29.4 Å². The second-order valence-electron chi connectivity index (χ2n) is 8.78. The van der Waals surface area contributed by atoms with Crippen LogP contribution in [0.25, 0.3) is 33.5 Å². The number of imidazole rings is 1. The van der Waals surface area contributed by atoms with E-state index in [4.69, 9.17) is 30.9 Å². The molecule has 0 radical (unpaired) electrons. The SMILES string of the molecule is OCC(O)c1ccc(-c2ccc(-c3nc4nc(OC5CO[C@@H]6CCO[C@H]56)[nH]c4cc3Cl)cc2)cc1. The minimum atomic E-state index is -0.873. The summed E-state index contributed by atoms with van der Waals surface area (Å²) in [7, 11) is 0. The molecule has 2 fully saturated rings. The number of nitrogens with one attached hydrogen (secondary N) is 1. The van der Waals surface area contributed by atoms with Gasteiger partial charge >= 0.3 is 0 Å². The van der Waals surface area contributed by atoms with Crippen LogP contribution in [0.3, 0.4) is 0 Å². The molecular formula is C26H24ClN3O5. The lowest BCUT2D eigenvalue weighted by Gasteiger charge is -2.15. The van der Waals surface area contributed by atoms with Gasteiger partial charge in [0, 0.05) is 12.2 Å². The van der Waals surface area contributed by atoms with E-state index in [1.54, 1.807) is 6.07 Å². The number of halogens is 1. The highest BCUT2D eigenvalue weighted by Crippen LogP contribution is 2.33. The number of nitrogens with zero attached hydrogens (tertiary/aromatic N) is 2. The molecule has 3 N–H and O–H groups in total. The maximum absolute atomic E-state index is 9.77. The van der Waals surface area contributed by atoms with Crippen molar-refractivity contribution in [2.75, 3.05) is 19.8 Å². The van der Waals surface area contributed by atoms with Crippen molar-refractivity contribution in [2.45, 2.75) is 30.8 Å². The molecule has 0 bridgehead atoms. The van der Waals surface area contributed by atoms with Crippen LogP contribution in [0, 0.1) is 0 Å². The molecule has 2 aromatic heterocycles. The Morgan fingerprint density at radius 1 is 1.03 bits per heavy atom.